The number of pyridine rings is 1. The number of benzene rings is 1. The molecule has 0 bridgehead atoms. The van der Waals surface area contributed by atoms with Crippen molar-refractivity contribution >= 4 is 15.9 Å². The number of fused-ring (bicyclic) bond motifs is 1. The first-order chi connectivity index (χ1) is 11.9. The molecule has 1 aliphatic heterocycles. The topological polar surface area (TPSA) is 90.3 Å². The van der Waals surface area contributed by atoms with Crippen molar-refractivity contribution in [2.45, 2.75) is 12.8 Å². The number of halogens is 1. The first-order valence-corrected chi connectivity index (χ1v) is 8.29. The smallest absolute Gasteiger partial charge is 0.258 e. The fourth-order valence-electron chi connectivity index (χ4n) is 2.98. The first-order valence-electron chi connectivity index (χ1n) is 7.50. The van der Waals surface area contributed by atoms with Gasteiger partial charge in [0.1, 0.15) is 23.1 Å². The van der Waals surface area contributed by atoms with Crippen LogP contribution in [0.1, 0.15) is 22.7 Å². The maximum atomic E-state index is 12.9. The summed E-state index contributed by atoms with van der Waals surface area (Å²) in [7, 11) is 3.22. The van der Waals surface area contributed by atoms with Gasteiger partial charge in [-0.25, -0.2) is 0 Å². The van der Waals surface area contributed by atoms with E-state index in [9.17, 15) is 10.1 Å². The van der Waals surface area contributed by atoms with Crippen molar-refractivity contribution in [3.05, 3.63) is 67.4 Å². The first kappa shape index (κ1) is 17.1. The highest BCUT2D eigenvalue weighted by atomic mass is 79.9. The van der Waals surface area contributed by atoms with Crippen LogP contribution in [-0.2, 0) is 7.05 Å². The highest BCUT2D eigenvalue weighted by molar-refractivity contribution is 9.10. The lowest BCUT2D eigenvalue weighted by Gasteiger charge is -2.27. The molecular weight excluding hydrogens is 386 g/mol. The fourth-order valence-corrected chi connectivity index (χ4v) is 3.36. The Morgan fingerprint density at radius 1 is 1.40 bits per heavy atom. The van der Waals surface area contributed by atoms with Gasteiger partial charge in [-0.2, -0.15) is 5.26 Å². The highest BCUT2D eigenvalue weighted by Crippen LogP contribution is 2.44. The third-order valence-electron chi connectivity index (χ3n) is 4.36. The van der Waals surface area contributed by atoms with Crippen LogP contribution in [0.25, 0.3) is 0 Å². The second-order valence-electron chi connectivity index (χ2n) is 5.74. The second-order valence-corrected chi connectivity index (χ2v) is 6.65. The van der Waals surface area contributed by atoms with Crippen LogP contribution in [0.4, 0.5) is 0 Å². The van der Waals surface area contributed by atoms with Gasteiger partial charge in [0.05, 0.1) is 18.6 Å². The van der Waals surface area contributed by atoms with Gasteiger partial charge in [-0.3, -0.25) is 4.79 Å². The molecule has 0 aliphatic carbocycles. The Hall–Kier alpha value is -2.72. The quantitative estimate of drug-likeness (QED) is 0.834. The number of rotatable bonds is 2. The summed E-state index contributed by atoms with van der Waals surface area (Å²) in [5, 5.41) is 9.64. The number of aromatic nitrogens is 1. The molecule has 1 aromatic carbocycles. The van der Waals surface area contributed by atoms with E-state index in [-0.39, 0.29) is 17.0 Å². The third kappa shape index (κ3) is 2.68. The number of nitrogens with zero attached hydrogens (tertiary/aromatic N) is 2. The lowest BCUT2D eigenvalue weighted by molar-refractivity contribution is 0.383. The maximum Gasteiger partial charge on any atom is 0.258 e. The van der Waals surface area contributed by atoms with Crippen molar-refractivity contribution in [2.75, 3.05) is 7.11 Å². The molecule has 2 aromatic rings. The van der Waals surface area contributed by atoms with Crippen LogP contribution in [0.5, 0.6) is 11.5 Å². The zero-order valence-electron chi connectivity index (χ0n) is 14.0. The van der Waals surface area contributed by atoms with Crippen molar-refractivity contribution in [1.82, 2.24) is 4.57 Å². The number of aryl methyl sites for hydroxylation is 1. The zero-order valence-corrected chi connectivity index (χ0v) is 15.5. The van der Waals surface area contributed by atoms with Gasteiger partial charge < -0.3 is 19.8 Å². The molecule has 1 aromatic heterocycles. The van der Waals surface area contributed by atoms with Crippen LogP contribution in [0.15, 0.2) is 45.0 Å². The molecular formula is C18H16BrN3O3. The summed E-state index contributed by atoms with van der Waals surface area (Å²) < 4.78 is 13.3. The second kappa shape index (κ2) is 6.30. The summed E-state index contributed by atoms with van der Waals surface area (Å²) in [6.45, 7) is 1.81. The summed E-state index contributed by atoms with van der Waals surface area (Å²) >= 11 is 3.43. The summed E-state index contributed by atoms with van der Waals surface area (Å²) in [6, 6.07) is 9.26. The van der Waals surface area contributed by atoms with Crippen LogP contribution in [0.3, 0.4) is 0 Å². The van der Waals surface area contributed by atoms with E-state index in [0.29, 0.717) is 22.6 Å². The lowest BCUT2D eigenvalue weighted by Crippen LogP contribution is -2.31. The van der Waals surface area contributed by atoms with Gasteiger partial charge in [-0.15, -0.1) is 0 Å². The molecule has 25 heavy (non-hydrogen) atoms. The summed E-state index contributed by atoms with van der Waals surface area (Å²) in [6.07, 6.45) is 0. The van der Waals surface area contributed by atoms with Crippen LogP contribution in [0, 0.1) is 18.3 Å². The maximum absolute atomic E-state index is 12.9. The van der Waals surface area contributed by atoms with Crippen LogP contribution in [-0.4, -0.2) is 11.7 Å². The Morgan fingerprint density at radius 3 is 2.76 bits per heavy atom. The molecule has 0 amide bonds. The summed E-state index contributed by atoms with van der Waals surface area (Å²) in [4.78, 5) is 12.9. The Morgan fingerprint density at radius 2 is 2.12 bits per heavy atom. The van der Waals surface area contributed by atoms with Crippen molar-refractivity contribution in [3.8, 4) is 17.6 Å². The third-order valence-corrected chi connectivity index (χ3v) is 4.85. The molecule has 0 radical (unpaired) electrons. The normalized spacial score (nSPS) is 16.0. The fraction of sp³-hybridized carbons (Fsp3) is 0.222. The predicted octanol–water partition coefficient (Wildman–Crippen LogP) is 2.68. The standard InChI is InChI=1S/C18H16BrN3O3/c1-9-6-14-16(18(23)22(9)2)15(12(8-20)17(21)25-14)11-7-10(19)4-5-13(11)24-3/h4-7,15H,21H2,1-3H3/t15-/m1/s1. The number of nitriles is 1. The van der Waals surface area contributed by atoms with Crippen molar-refractivity contribution < 1.29 is 9.47 Å². The Balaban J connectivity index is 2.40. The minimum Gasteiger partial charge on any atom is -0.496 e. The lowest BCUT2D eigenvalue weighted by atomic mass is 9.83. The van der Waals surface area contributed by atoms with Gasteiger partial charge in [0.25, 0.3) is 5.56 Å². The largest absolute Gasteiger partial charge is 0.496 e. The van der Waals surface area contributed by atoms with E-state index in [1.165, 1.54) is 4.57 Å². The van der Waals surface area contributed by atoms with Gasteiger partial charge in [0, 0.05) is 28.8 Å². The molecule has 0 saturated carbocycles. The van der Waals surface area contributed by atoms with Gasteiger partial charge in [0.2, 0.25) is 5.88 Å². The van der Waals surface area contributed by atoms with E-state index in [4.69, 9.17) is 15.2 Å². The number of ether oxygens (including phenoxy) is 2. The molecule has 3 rings (SSSR count). The number of hydrogen-bond donors (Lipinski definition) is 1. The highest BCUT2D eigenvalue weighted by Gasteiger charge is 2.35. The minimum atomic E-state index is -0.666. The Kier molecular flexibility index (Phi) is 4.31. The van der Waals surface area contributed by atoms with Gasteiger partial charge >= 0.3 is 0 Å². The van der Waals surface area contributed by atoms with Gasteiger partial charge in [-0.05, 0) is 25.1 Å². The molecule has 0 saturated heterocycles. The molecule has 128 valence electrons. The van der Waals surface area contributed by atoms with Crippen LogP contribution < -0.4 is 20.8 Å². The number of methoxy groups -OCH3 is 1. The number of hydrogen-bond acceptors (Lipinski definition) is 5. The van der Waals surface area contributed by atoms with Crippen molar-refractivity contribution in [1.29, 1.82) is 5.26 Å². The molecule has 1 aliphatic rings. The van der Waals surface area contributed by atoms with E-state index in [0.717, 1.165) is 10.2 Å². The Labute approximate surface area is 153 Å². The molecule has 0 fully saturated rings. The van der Waals surface area contributed by atoms with E-state index in [2.05, 4.69) is 22.0 Å². The molecule has 0 unspecified atom stereocenters. The van der Waals surface area contributed by atoms with E-state index < -0.39 is 5.92 Å². The summed E-state index contributed by atoms with van der Waals surface area (Å²) in [5.41, 5.74) is 7.70. The van der Waals surface area contributed by atoms with Gasteiger partial charge in [0.15, 0.2) is 0 Å². The van der Waals surface area contributed by atoms with Crippen LogP contribution >= 0.6 is 15.9 Å². The minimum absolute atomic E-state index is 0.00492. The Bertz CT molecular complexity index is 1000. The SMILES string of the molecule is COc1ccc(Br)cc1[C@@H]1C(C#N)=C(N)Oc2cc(C)n(C)c(=O)c21. The molecule has 6 nitrogen and oxygen atoms in total. The molecule has 2 N–H and O–H groups in total. The number of allylic oxidation sites excluding steroid dienone is 1. The zero-order chi connectivity index (χ0) is 18.3. The van der Waals surface area contributed by atoms with E-state index >= 15 is 0 Å². The number of nitrogens with two attached hydrogens (primary N) is 1. The molecule has 2 heterocycles. The van der Waals surface area contributed by atoms with Crippen molar-refractivity contribution in [2.24, 2.45) is 12.8 Å². The van der Waals surface area contributed by atoms with Gasteiger partial charge in [-0.1, -0.05) is 15.9 Å². The average molecular weight is 402 g/mol. The van der Waals surface area contributed by atoms with E-state index in [1.807, 2.05) is 12.1 Å². The average Bonchev–Trinajstić information content (AvgIpc) is 2.58. The molecule has 1 atom stereocenters. The van der Waals surface area contributed by atoms with Crippen LogP contribution in [0.2, 0.25) is 0 Å². The molecule has 0 spiro atoms. The van der Waals surface area contributed by atoms with E-state index in [1.54, 1.807) is 33.2 Å². The molecule has 7 heteroatoms. The predicted molar refractivity (Wildman–Crippen MR) is 96.4 cm³/mol. The summed E-state index contributed by atoms with van der Waals surface area (Å²) in [5.74, 6) is 0.253. The monoisotopic (exact) mass is 401 g/mol. The van der Waals surface area contributed by atoms with Crippen molar-refractivity contribution in [3.63, 3.8) is 0 Å².